The van der Waals surface area contributed by atoms with Crippen LogP contribution in [0.3, 0.4) is 0 Å². The zero-order valence-electron chi connectivity index (χ0n) is 10.5. The third kappa shape index (κ3) is 3.82. The molecule has 0 aliphatic carbocycles. The maximum atomic E-state index is 11.7. The third-order valence-corrected chi connectivity index (χ3v) is 3.73. The van der Waals surface area contributed by atoms with E-state index in [1.54, 1.807) is 6.92 Å². The number of nitrogens with one attached hydrogen (secondary N) is 1. The molecule has 5 nitrogen and oxygen atoms in total. The van der Waals surface area contributed by atoms with Crippen LogP contribution in [-0.4, -0.2) is 27.5 Å². The molecule has 1 aromatic carbocycles. The van der Waals surface area contributed by atoms with E-state index >= 15 is 0 Å². The molecule has 0 heterocycles. The van der Waals surface area contributed by atoms with Gasteiger partial charge in [0.2, 0.25) is 10.0 Å². The van der Waals surface area contributed by atoms with Crippen LogP contribution in [0, 0.1) is 0 Å². The maximum absolute atomic E-state index is 11.7. The summed E-state index contributed by atoms with van der Waals surface area (Å²) >= 11 is 0. The number of carbonyl (C=O) groups is 1. The lowest BCUT2D eigenvalue weighted by molar-refractivity contribution is 0.0505. The second kappa shape index (κ2) is 6.51. The summed E-state index contributed by atoms with van der Waals surface area (Å²) in [7, 11) is -3.47. The fourth-order valence-electron chi connectivity index (χ4n) is 1.32. The molecule has 1 aromatic rings. The molecule has 0 radical (unpaired) electrons. The summed E-state index contributed by atoms with van der Waals surface area (Å²) in [5.41, 5.74) is 0.346. The zero-order chi connectivity index (χ0) is 13.6. The van der Waals surface area contributed by atoms with E-state index in [1.807, 2.05) is 6.92 Å². The average molecular weight is 271 g/mol. The number of esters is 1. The number of ether oxygens (including phenoxy) is 1. The summed E-state index contributed by atoms with van der Waals surface area (Å²) in [6.45, 7) is 4.28. The van der Waals surface area contributed by atoms with Gasteiger partial charge in [-0.1, -0.05) is 13.8 Å². The average Bonchev–Trinajstić information content (AvgIpc) is 2.36. The van der Waals surface area contributed by atoms with Gasteiger partial charge in [0.15, 0.2) is 0 Å². The van der Waals surface area contributed by atoms with Gasteiger partial charge in [-0.05, 0) is 30.7 Å². The van der Waals surface area contributed by atoms with Crippen molar-refractivity contribution in [3.8, 4) is 0 Å². The minimum atomic E-state index is -3.47. The minimum Gasteiger partial charge on any atom is -0.462 e. The Labute approximate surface area is 107 Å². The van der Waals surface area contributed by atoms with Gasteiger partial charge in [0.05, 0.1) is 17.1 Å². The van der Waals surface area contributed by atoms with Gasteiger partial charge in [-0.2, -0.15) is 0 Å². The molecule has 0 bridgehead atoms. The van der Waals surface area contributed by atoms with Crippen LogP contribution in [0.1, 0.15) is 30.6 Å². The van der Waals surface area contributed by atoms with Gasteiger partial charge in [0.1, 0.15) is 0 Å². The van der Waals surface area contributed by atoms with Crippen molar-refractivity contribution in [1.82, 2.24) is 4.72 Å². The summed E-state index contributed by atoms with van der Waals surface area (Å²) < 4.78 is 30.6. The lowest BCUT2D eigenvalue weighted by atomic mass is 10.2. The monoisotopic (exact) mass is 271 g/mol. The van der Waals surface area contributed by atoms with Gasteiger partial charge < -0.3 is 4.74 Å². The van der Waals surface area contributed by atoms with E-state index in [4.69, 9.17) is 4.74 Å². The Kier molecular flexibility index (Phi) is 5.30. The van der Waals surface area contributed by atoms with Gasteiger partial charge in [-0.25, -0.2) is 17.9 Å². The molecular formula is C12H17NO4S. The smallest absolute Gasteiger partial charge is 0.338 e. The van der Waals surface area contributed by atoms with E-state index in [1.165, 1.54) is 24.3 Å². The molecule has 0 spiro atoms. The highest BCUT2D eigenvalue weighted by atomic mass is 32.2. The molecular weight excluding hydrogens is 254 g/mol. The van der Waals surface area contributed by atoms with Crippen LogP contribution in [-0.2, 0) is 14.8 Å². The van der Waals surface area contributed by atoms with E-state index in [-0.39, 0.29) is 4.90 Å². The number of rotatable bonds is 6. The second-order valence-corrected chi connectivity index (χ2v) is 5.43. The molecule has 0 aliphatic heterocycles. The number of benzene rings is 1. The van der Waals surface area contributed by atoms with Crippen LogP contribution < -0.4 is 4.72 Å². The molecule has 0 amide bonds. The number of carbonyl (C=O) groups excluding carboxylic acids is 1. The number of hydrogen-bond acceptors (Lipinski definition) is 4. The summed E-state index contributed by atoms with van der Waals surface area (Å²) in [5.74, 6) is -0.441. The van der Waals surface area contributed by atoms with Crippen molar-refractivity contribution in [3.05, 3.63) is 29.8 Å². The third-order valence-electron chi connectivity index (χ3n) is 2.17. The quantitative estimate of drug-likeness (QED) is 0.797. The van der Waals surface area contributed by atoms with E-state index in [0.717, 1.165) is 6.42 Å². The Morgan fingerprint density at radius 1 is 1.22 bits per heavy atom. The summed E-state index contributed by atoms with van der Waals surface area (Å²) in [6.07, 6.45) is 0.749. The molecule has 0 aliphatic rings. The van der Waals surface area contributed by atoms with E-state index in [2.05, 4.69) is 4.72 Å². The molecule has 0 fully saturated rings. The Hall–Kier alpha value is -1.40. The normalized spacial score (nSPS) is 11.2. The van der Waals surface area contributed by atoms with Gasteiger partial charge in [0, 0.05) is 6.54 Å². The van der Waals surface area contributed by atoms with Crippen molar-refractivity contribution in [1.29, 1.82) is 0 Å². The molecule has 0 aromatic heterocycles. The maximum Gasteiger partial charge on any atom is 0.338 e. The van der Waals surface area contributed by atoms with Crippen LogP contribution in [0.5, 0.6) is 0 Å². The SMILES string of the molecule is CCCOC(=O)c1ccc(S(=O)(=O)NCC)cc1. The highest BCUT2D eigenvalue weighted by Crippen LogP contribution is 2.11. The molecule has 1 rings (SSSR count). The predicted molar refractivity (Wildman–Crippen MR) is 67.9 cm³/mol. The Balaban J connectivity index is 2.83. The summed E-state index contributed by atoms with van der Waals surface area (Å²) in [6, 6.07) is 5.67. The molecule has 0 saturated heterocycles. The van der Waals surface area contributed by atoms with Crippen molar-refractivity contribution in [2.24, 2.45) is 0 Å². The molecule has 1 N–H and O–H groups in total. The van der Waals surface area contributed by atoms with E-state index < -0.39 is 16.0 Å². The lowest BCUT2D eigenvalue weighted by Gasteiger charge is -2.06. The van der Waals surface area contributed by atoms with Gasteiger partial charge >= 0.3 is 5.97 Å². The molecule has 18 heavy (non-hydrogen) atoms. The van der Waals surface area contributed by atoms with Crippen LogP contribution in [0.4, 0.5) is 0 Å². The summed E-state index contributed by atoms with van der Waals surface area (Å²) in [5, 5.41) is 0. The first-order valence-corrected chi connectivity index (χ1v) is 7.26. The Bertz CT molecular complexity index is 493. The van der Waals surface area contributed by atoms with Crippen LogP contribution >= 0.6 is 0 Å². The van der Waals surface area contributed by atoms with E-state index in [9.17, 15) is 13.2 Å². The molecule has 6 heteroatoms. The molecule has 100 valence electrons. The van der Waals surface area contributed by atoms with Crippen molar-refractivity contribution < 1.29 is 17.9 Å². The lowest BCUT2D eigenvalue weighted by Crippen LogP contribution is -2.23. The molecule has 0 unspecified atom stereocenters. The van der Waals surface area contributed by atoms with Crippen LogP contribution in [0.15, 0.2) is 29.2 Å². The fraction of sp³-hybridized carbons (Fsp3) is 0.417. The van der Waals surface area contributed by atoms with Gasteiger partial charge in [-0.3, -0.25) is 0 Å². The van der Waals surface area contributed by atoms with Crippen LogP contribution in [0.25, 0.3) is 0 Å². The first-order chi connectivity index (χ1) is 8.51. The first-order valence-electron chi connectivity index (χ1n) is 5.78. The number of hydrogen-bond donors (Lipinski definition) is 1. The molecule has 0 atom stereocenters. The van der Waals surface area contributed by atoms with Crippen molar-refractivity contribution in [2.45, 2.75) is 25.2 Å². The van der Waals surface area contributed by atoms with Crippen molar-refractivity contribution >= 4 is 16.0 Å². The van der Waals surface area contributed by atoms with Crippen LogP contribution in [0.2, 0.25) is 0 Å². The highest BCUT2D eigenvalue weighted by Gasteiger charge is 2.13. The van der Waals surface area contributed by atoms with Crippen molar-refractivity contribution in [2.75, 3.05) is 13.2 Å². The van der Waals surface area contributed by atoms with E-state index in [0.29, 0.717) is 18.7 Å². The zero-order valence-corrected chi connectivity index (χ0v) is 11.3. The second-order valence-electron chi connectivity index (χ2n) is 3.66. The molecule has 0 saturated carbocycles. The first kappa shape index (κ1) is 14.7. The Morgan fingerprint density at radius 2 is 1.83 bits per heavy atom. The van der Waals surface area contributed by atoms with Gasteiger partial charge in [0.25, 0.3) is 0 Å². The van der Waals surface area contributed by atoms with Gasteiger partial charge in [-0.15, -0.1) is 0 Å². The standard InChI is InChI=1S/C12H17NO4S/c1-3-9-17-12(14)10-5-7-11(8-6-10)18(15,16)13-4-2/h5-8,13H,3-4,9H2,1-2H3. The topological polar surface area (TPSA) is 72.5 Å². The largest absolute Gasteiger partial charge is 0.462 e. The predicted octanol–water partition coefficient (Wildman–Crippen LogP) is 1.55. The fourth-order valence-corrected chi connectivity index (χ4v) is 2.36. The minimum absolute atomic E-state index is 0.136. The Morgan fingerprint density at radius 3 is 2.33 bits per heavy atom. The number of sulfonamides is 1. The highest BCUT2D eigenvalue weighted by molar-refractivity contribution is 7.89. The van der Waals surface area contributed by atoms with Crippen molar-refractivity contribution in [3.63, 3.8) is 0 Å². The summed E-state index contributed by atoms with van der Waals surface area (Å²) in [4.78, 5) is 11.6.